The highest BCUT2D eigenvalue weighted by molar-refractivity contribution is 7.71. The van der Waals surface area contributed by atoms with Crippen LogP contribution in [0.25, 0.3) is 11.4 Å². The number of benzene rings is 2. The van der Waals surface area contributed by atoms with E-state index >= 15 is 0 Å². The number of hydrogen-bond acceptors (Lipinski definition) is 4. The fraction of sp³-hybridized carbons (Fsp3) is 0.318. The van der Waals surface area contributed by atoms with E-state index in [1.807, 2.05) is 59.3 Å². The van der Waals surface area contributed by atoms with Crippen molar-refractivity contribution in [3.8, 4) is 17.1 Å². The fourth-order valence-corrected chi connectivity index (χ4v) is 3.98. The lowest BCUT2D eigenvalue weighted by Gasteiger charge is -2.28. The molecule has 0 spiro atoms. The summed E-state index contributed by atoms with van der Waals surface area (Å²) in [6, 6.07) is 17.4. The Labute approximate surface area is 180 Å². The summed E-state index contributed by atoms with van der Waals surface area (Å²) in [5.74, 6) is 1.72. The van der Waals surface area contributed by atoms with Crippen LogP contribution in [0.1, 0.15) is 12.8 Å². The predicted molar refractivity (Wildman–Crippen MR) is 118 cm³/mol. The molecule has 1 aliphatic heterocycles. The first-order valence-electron chi connectivity index (χ1n) is 10.1. The number of nitrogens with zero attached hydrogens (tertiary/aromatic N) is 2. The quantitative estimate of drug-likeness (QED) is 0.532. The number of aromatic amines is 1. The van der Waals surface area contributed by atoms with E-state index in [0.29, 0.717) is 4.77 Å². The van der Waals surface area contributed by atoms with Crippen molar-refractivity contribution in [3.05, 3.63) is 59.4 Å². The maximum Gasteiger partial charge on any atom is 0.227 e. The predicted octanol–water partition coefficient (Wildman–Crippen LogP) is 2.51. The largest absolute Gasteiger partial charge is 0.497 e. The molecule has 0 aliphatic carbocycles. The van der Waals surface area contributed by atoms with Crippen LogP contribution in [0, 0.1) is 10.7 Å². The van der Waals surface area contributed by atoms with E-state index in [1.54, 1.807) is 7.11 Å². The van der Waals surface area contributed by atoms with Gasteiger partial charge in [-0.05, 0) is 48.6 Å². The third kappa shape index (κ3) is 4.77. The SMILES string of the molecule is COc1ccc(-c2nc(=S)n(C[NH+]3CCC(C(=O)Nc4ccccc4)CC3)[nH]2)cc1. The Balaban J connectivity index is 1.33. The van der Waals surface area contributed by atoms with Crippen molar-refractivity contribution in [1.82, 2.24) is 14.8 Å². The standard InChI is InChI=1S/C22H25N5O2S/c1-29-19-9-7-16(8-10-19)20-24-22(30)27(25-20)15-26-13-11-17(12-14-26)21(28)23-18-5-3-2-4-6-18/h2-10,17H,11-15H2,1H3,(H,23,28)(H,24,25,30)/p+1. The Bertz CT molecular complexity index is 1040. The van der Waals surface area contributed by atoms with Crippen molar-refractivity contribution in [2.24, 2.45) is 5.92 Å². The van der Waals surface area contributed by atoms with Gasteiger partial charge < -0.3 is 15.0 Å². The van der Waals surface area contributed by atoms with Crippen molar-refractivity contribution in [2.75, 3.05) is 25.5 Å². The van der Waals surface area contributed by atoms with E-state index in [0.717, 1.165) is 55.4 Å². The molecule has 1 fully saturated rings. The zero-order chi connectivity index (χ0) is 20.9. The smallest absolute Gasteiger partial charge is 0.227 e. The number of H-pyrrole nitrogens is 1. The van der Waals surface area contributed by atoms with Gasteiger partial charge in [-0.1, -0.05) is 18.2 Å². The number of carbonyl (C=O) groups excluding carboxylic acids is 1. The minimum atomic E-state index is 0.0542. The maximum atomic E-state index is 12.5. The molecule has 0 unspecified atom stereocenters. The van der Waals surface area contributed by atoms with Gasteiger partial charge in [0.25, 0.3) is 0 Å². The summed E-state index contributed by atoms with van der Waals surface area (Å²) < 4.78 is 7.66. The molecule has 156 valence electrons. The van der Waals surface area contributed by atoms with Crippen LogP contribution < -0.4 is 15.0 Å². The molecule has 8 heteroatoms. The summed E-state index contributed by atoms with van der Waals surface area (Å²) in [5.41, 5.74) is 1.82. The molecule has 1 aromatic heterocycles. The van der Waals surface area contributed by atoms with Gasteiger partial charge in [-0.2, -0.15) is 4.98 Å². The molecule has 1 aliphatic rings. The van der Waals surface area contributed by atoms with Crippen molar-refractivity contribution in [2.45, 2.75) is 19.5 Å². The number of carbonyl (C=O) groups is 1. The van der Waals surface area contributed by atoms with Crippen LogP contribution in [-0.4, -0.2) is 40.9 Å². The molecule has 0 radical (unpaired) electrons. The number of ether oxygens (including phenoxy) is 1. The van der Waals surface area contributed by atoms with E-state index < -0.39 is 0 Å². The van der Waals surface area contributed by atoms with Crippen LogP contribution in [0.4, 0.5) is 5.69 Å². The Morgan fingerprint density at radius 1 is 1.20 bits per heavy atom. The highest BCUT2D eigenvalue weighted by atomic mass is 32.1. The molecule has 1 saturated heterocycles. The molecule has 4 rings (SSSR count). The minimum Gasteiger partial charge on any atom is -0.497 e. The van der Waals surface area contributed by atoms with Crippen LogP contribution >= 0.6 is 12.2 Å². The number of amides is 1. The molecule has 30 heavy (non-hydrogen) atoms. The molecule has 2 heterocycles. The summed E-state index contributed by atoms with van der Waals surface area (Å²) in [6.45, 7) is 2.56. The third-order valence-electron chi connectivity index (χ3n) is 5.53. The molecule has 2 aromatic carbocycles. The third-order valence-corrected chi connectivity index (χ3v) is 5.84. The second-order valence-electron chi connectivity index (χ2n) is 7.55. The Hall–Kier alpha value is -2.97. The fourth-order valence-electron chi connectivity index (χ4n) is 3.78. The Morgan fingerprint density at radius 3 is 2.57 bits per heavy atom. The first-order chi connectivity index (χ1) is 14.6. The number of anilines is 1. The highest BCUT2D eigenvalue weighted by Crippen LogP contribution is 2.19. The van der Waals surface area contributed by atoms with Crippen molar-refractivity contribution < 1.29 is 14.4 Å². The number of nitrogens with one attached hydrogen (secondary N) is 3. The van der Waals surface area contributed by atoms with E-state index in [-0.39, 0.29) is 11.8 Å². The number of aromatic nitrogens is 3. The molecule has 7 nitrogen and oxygen atoms in total. The first-order valence-corrected chi connectivity index (χ1v) is 10.5. The minimum absolute atomic E-state index is 0.0542. The van der Waals surface area contributed by atoms with Crippen LogP contribution in [0.15, 0.2) is 54.6 Å². The molecule has 0 bridgehead atoms. The van der Waals surface area contributed by atoms with Crippen molar-refractivity contribution in [1.29, 1.82) is 0 Å². The molecule has 3 aromatic rings. The lowest BCUT2D eigenvalue weighted by Crippen LogP contribution is -3.12. The summed E-state index contributed by atoms with van der Waals surface area (Å²) >= 11 is 5.45. The van der Waals surface area contributed by atoms with Crippen LogP contribution in [0.3, 0.4) is 0 Å². The zero-order valence-electron chi connectivity index (χ0n) is 16.9. The van der Waals surface area contributed by atoms with Gasteiger partial charge in [-0.15, -0.1) is 0 Å². The second-order valence-corrected chi connectivity index (χ2v) is 7.91. The molecule has 1 amide bonds. The van der Waals surface area contributed by atoms with Gasteiger partial charge in [0.2, 0.25) is 10.7 Å². The average Bonchev–Trinajstić information content (AvgIpc) is 3.15. The van der Waals surface area contributed by atoms with Crippen molar-refractivity contribution >= 4 is 23.8 Å². The van der Waals surface area contributed by atoms with Gasteiger partial charge in [0.1, 0.15) is 5.75 Å². The zero-order valence-corrected chi connectivity index (χ0v) is 17.7. The first kappa shape index (κ1) is 20.3. The number of likely N-dealkylation sites (tertiary alicyclic amines) is 1. The Kier molecular flexibility index (Phi) is 6.25. The van der Waals surface area contributed by atoms with Crippen molar-refractivity contribution in [3.63, 3.8) is 0 Å². The highest BCUT2D eigenvalue weighted by Gasteiger charge is 2.28. The van der Waals surface area contributed by atoms with E-state index in [1.165, 1.54) is 4.90 Å². The van der Waals surface area contributed by atoms with Gasteiger partial charge >= 0.3 is 0 Å². The van der Waals surface area contributed by atoms with Gasteiger partial charge in [0, 0.05) is 30.0 Å². The molecular weight excluding hydrogens is 398 g/mol. The molecule has 0 atom stereocenters. The van der Waals surface area contributed by atoms with Gasteiger partial charge in [0.05, 0.1) is 20.2 Å². The number of quaternary nitrogens is 1. The van der Waals surface area contributed by atoms with E-state index in [4.69, 9.17) is 17.0 Å². The number of para-hydroxylation sites is 1. The van der Waals surface area contributed by atoms with Crippen LogP contribution in [0.2, 0.25) is 0 Å². The maximum absolute atomic E-state index is 12.5. The average molecular weight is 425 g/mol. The molecular formula is C22H26N5O2S+. The number of rotatable bonds is 6. The summed E-state index contributed by atoms with van der Waals surface area (Å²) in [6.07, 6.45) is 1.72. The number of hydrogen-bond donors (Lipinski definition) is 3. The summed E-state index contributed by atoms with van der Waals surface area (Å²) in [7, 11) is 1.65. The summed E-state index contributed by atoms with van der Waals surface area (Å²) in [5, 5.41) is 6.33. The van der Waals surface area contributed by atoms with Crippen LogP contribution in [-0.2, 0) is 11.5 Å². The lowest BCUT2D eigenvalue weighted by molar-refractivity contribution is -0.928. The van der Waals surface area contributed by atoms with Gasteiger partial charge in [-0.25, -0.2) is 4.68 Å². The molecule has 0 saturated carbocycles. The van der Waals surface area contributed by atoms with E-state index in [2.05, 4.69) is 15.4 Å². The second kappa shape index (κ2) is 9.23. The van der Waals surface area contributed by atoms with E-state index in [9.17, 15) is 4.79 Å². The monoisotopic (exact) mass is 424 g/mol. The number of piperidine rings is 1. The van der Waals surface area contributed by atoms with Gasteiger partial charge in [-0.3, -0.25) is 9.89 Å². The molecule has 3 N–H and O–H groups in total. The number of methoxy groups -OCH3 is 1. The Morgan fingerprint density at radius 2 is 1.90 bits per heavy atom. The normalized spacial score (nSPS) is 18.7. The van der Waals surface area contributed by atoms with Crippen LogP contribution in [0.5, 0.6) is 5.75 Å². The van der Waals surface area contributed by atoms with Gasteiger partial charge in [0.15, 0.2) is 12.5 Å². The topological polar surface area (TPSA) is 76.4 Å². The lowest BCUT2D eigenvalue weighted by atomic mass is 9.96. The summed E-state index contributed by atoms with van der Waals surface area (Å²) in [4.78, 5) is 18.4.